The molecule has 3 rings (SSSR count). The molecule has 128 valence electrons. The van der Waals surface area contributed by atoms with Crippen LogP contribution >= 0.6 is 0 Å². The van der Waals surface area contributed by atoms with Crippen LogP contribution in [-0.2, 0) is 6.54 Å². The molecule has 1 atom stereocenters. The molecule has 0 bridgehead atoms. The van der Waals surface area contributed by atoms with Crippen molar-refractivity contribution in [2.75, 3.05) is 0 Å². The summed E-state index contributed by atoms with van der Waals surface area (Å²) in [6, 6.07) is 12.0. The molecule has 0 aliphatic rings. The third-order valence-corrected chi connectivity index (χ3v) is 4.35. The molecule has 25 heavy (non-hydrogen) atoms. The number of H-pyrrole nitrogens is 1. The predicted molar refractivity (Wildman–Crippen MR) is 96.3 cm³/mol. The number of nitrogens with zero attached hydrogens (tertiary/aromatic N) is 3. The number of aromatic amines is 1. The number of hydrogen-bond donors (Lipinski definition) is 2. The van der Waals surface area contributed by atoms with Crippen LogP contribution in [0.15, 0.2) is 41.3 Å². The van der Waals surface area contributed by atoms with Crippen LogP contribution in [-0.4, -0.2) is 14.6 Å². The summed E-state index contributed by atoms with van der Waals surface area (Å²) in [7, 11) is 0. The van der Waals surface area contributed by atoms with Gasteiger partial charge in [-0.3, -0.25) is 9.89 Å². The number of rotatable bonds is 5. The van der Waals surface area contributed by atoms with Crippen LogP contribution in [0, 0.1) is 11.3 Å². The van der Waals surface area contributed by atoms with Crippen molar-refractivity contribution in [3.8, 4) is 6.07 Å². The lowest BCUT2D eigenvalue weighted by Crippen LogP contribution is -2.23. The van der Waals surface area contributed by atoms with Gasteiger partial charge in [0.25, 0.3) is 5.56 Å². The minimum Gasteiger partial charge on any atom is -0.305 e. The normalized spacial score (nSPS) is 12.4. The molecule has 2 heterocycles. The first-order valence-corrected chi connectivity index (χ1v) is 8.33. The van der Waals surface area contributed by atoms with Gasteiger partial charge >= 0.3 is 0 Å². The molecule has 0 saturated carbocycles. The van der Waals surface area contributed by atoms with Crippen molar-refractivity contribution in [2.45, 2.75) is 39.3 Å². The fourth-order valence-corrected chi connectivity index (χ4v) is 3.00. The summed E-state index contributed by atoms with van der Waals surface area (Å²) >= 11 is 0. The average molecular weight is 335 g/mol. The molecule has 2 aromatic heterocycles. The zero-order chi connectivity index (χ0) is 18.0. The molecule has 0 saturated heterocycles. The molecule has 0 amide bonds. The highest BCUT2D eigenvalue weighted by Gasteiger charge is 2.13. The molecule has 0 fully saturated rings. The van der Waals surface area contributed by atoms with E-state index in [-0.39, 0.29) is 11.6 Å². The SMILES string of the molecule is CC(C)c1ccccc1C(C)NCc1cc(=O)n2[nH]cc(C#N)c2n1. The quantitative estimate of drug-likeness (QED) is 0.751. The molecule has 0 spiro atoms. The first kappa shape index (κ1) is 16.9. The molecule has 6 heteroatoms. The lowest BCUT2D eigenvalue weighted by Gasteiger charge is -2.19. The van der Waals surface area contributed by atoms with Crippen molar-refractivity contribution in [3.63, 3.8) is 0 Å². The fourth-order valence-electron chi connectivity index (χ4n) is 3.00. The van der Waals surface area contributed by atoms with Crippen molar-refractivity contribution >= 4 is 5.65 Å². The number of nitrogens with one attached hydrogen (secondary N) is 2. The molecule has 0 aliphatic carbocycles. The number of benzene rings is 1. The van der Waals surface area contributed by atoms with Gasteiger partial charge in [-0.05, 0) is 24.0 Å². The Labute approximate surface area is 146 Å². The van der Waals surface area contributed by atoms with Crippen LogP contribution in [0.5, 0.6) is 0 Å². The molecule has 0 radical (unpaired) electrons. The Morgan fingerprint density at radius 1 is 1.28 bits per heavy atom. The highest BCUT2D eigenvalue weighted by atomic mass is 16.1. The van der Waals surface area contributed by atoms with E-state index in [2.05, 4.69) is 54.4 Å². The van der Waals surface area contributed by atoms with Crippen molar-refractivity contribution in [1.29, 1.82) is 5.26 Å². The first-order valence-electron chi connectivity index (χ1n) is 8.33. The second-order valence-corrected chi connectivity index (χ2v) is 6.43. The van der Waals surface area contributed by atoms with E-state index < -0.39 is 0 Å². The summed E-state index contributed by atoms with van der Waals surface area (Å²) in [6.45, 7) is 6.91. The second-order valence-electron chi connectivity index (χ2n) is 6.43. The van der Waals surface area contributed by atoms with E-state index >= 15 is 0 Å². The van der Waals surface area contributed by atoms with E-state index in [0.29, 0.717) is 29.4 Å². The van der Waals surface area contributed by atoms with Crippen LogP contribution in [0.4, 0.5) is 0 Å². The van der Waals surface area contributed by atoms with Gasteiger partial charge in [-0.1, -0.05) is 38.1 Å². The molecule has 1 unspecified atom stereocenters. The molecule has 0 aliphatic heterocycles. The zero-order valence-corrected chi connectivity index (χ0v) is 14.6. The highest BCUT2D eigenvalue weighted by molar-refractivity contribution is 5.53. The summed E-state index contributed by atoms with van der Waals surface area (Å²) in [5.41, 5.74) is 3.67. The monoisotopic (exact) mass is 335 g/mol. The summed E-state index contributed by atoms with van der Waals surface area (Å²) in [5.74, 6) is 0.442. The summed E-state index contributed by atoms with van der Waals surface area (Å²) in [6.07, 6.45) is 1.49. The fraction of sp³-hybridized carbons (Fsp3) is 0.316. The molecule has 1 aromatic carbocycles. The second kappa shape index (κ2) is 6.91. The van der Waals surface area contributed by atoms with Crippen molar-refractivity contribution in [2.24, 2.45) is 0 Å². The van der Waals surface area contributed by atoms with E-state index in [1.54, 1.807) is 0 Å². The lowest BCUT2D eigenvalue weighted by molar-refractivity contribution is 0.560. The largest absolute Gasteiger partial charge is 0.305 e. The van der Waals surface area contributed by atoms with Crippen molar-refractivity contribution < 1.29 is 0 Å². The number of fused-ring (bicyclic) bond motifs is 1. The Hall–Kier alpha value is -2.91. The zero-order valence-electron chi connectivity index (χ0n) is 14.6. The van der Waals surface area contributed by atoms with Crippen LogP contribution < -0.4 is 10.9 Å². The number of hydrogen-bond acceptors (Lipinski definition) is 4. The van der Waals surface area contributed by atoms with Gasteiger partial charge in [0.1, 0.15) is 11.6 Å². The first-order chi connectivity index (χ1) is 12.0. The number of nitriles is 1. The molecule has 2 N–H and O–H groups in total. The van der Waals surface area contributed by atoms with Crippen molar-refractivity contribution in [3.05, 3.63) is 69.3 Å². The summed E-state index contributed by atoms with van der Waals surface area (Å²) in [4.78, 5) is 16.6. The van der Waals surface area contributed by atoms with E-state index in [1.165, 1.54) is 27.9 Å². The summed E-state index contributed by atoms with van der Waals surface area (Å²) < 4.78 is 1.28. The average Bonchev–Trinajstić information content (AvgIpc) is 3.03. The third kappa shape index (κ3) is 3.32. The molecule has 6 nitrogen and oxygen atoms in total. The van der Waals surface area contributed by atoms with Gasteiger partial charge in [-0.15, -0.1) is 0 Å². The van der Waals surface area contributed by atoms with Crippen LogP contribution in [0.3, 0.4) is 0 Å². The highest BCUT2D eigenvalue weighted by Crippen LogP contribution is 2.24. The minimum atomic E-state index is -0.224. The molecular formula is C19H21N5O. The topological polar surface area (TPSA) is 86.0 Å². The van der Waals surface area contributed by atoms with Gasteiger partial charge in [-0.2, -0.15) is 5.26 Å². The number of aromatic nitrogens is 3. The Morgan fingerprint density at radius 2 is 2.00 bits per heavy atom. The Bertz CT molecular complexity index is 993. The van der Waals surface area contributed by atoms with Crippen LogP contribution in [0.1, 0.15) is 55.1 Å². The van der Waals surface area contributed by atoms with E-state index in [1.807, 2.05) is 12.1 Å². The Balaban J connectivity index is 1.83. The Morgan fingerprint density at radius 3 is 2.68 bits per heavy atom. The maximum Gasteiger partial charge on any atom is 0.272 e. The smallest absolute Gasteiger partial charge is 0.272 e. The molecule has 3 aromatic rings. The summed E-state index contributed by atoms with van der Waals surface area (Å²) in [5, 5.41) is 15.3. The van der Waals surface area contributed by atoms with E-state index in [4.69, 9.17) is 5.26 Å². The van der Waals surface area contributed by atoms with Gasteiger partial charge in [0.05, 0.1) is 5.69 Å². The van der Waals surface area contributed by atoms with Gasteiger partial charge in [0.2, 0.25) is 0 Å². The van der Waals surface area contributed by atoms with Gasteiger partial charge in [0.15, 0.2) is 5.65 Å². The maximum absolute atomic E-state index is 12.1. The van der Waals surface area contributed by atoms with Gasteiger partial charge in [-0.25, -0.2) is 9.50 Å². The van der Waals surface area contributed by atoms with Gasteiger partial charge < -0.3 is 5.32 Å². The van der Waals surface area contributed by atoms with Crippen molar-refractivity contribution in [1.82, 2.24) is 19.9 Å². The predicted octanol–water partition coefficient (Wildman–Crippen LogP) is 2.87. The maximum atomic E-state index is 12.1. The third-order valence-electron chi connectivity index (χ3n) is 4.35. The van der Waals surface area contributed by atoms with Gasteiger partial charge in [0, 0.05) is 24.8 Å². The van der Waals surface area contributed by atoms with Crippen LogP contribution in [0.2, 0.25) is 0 Å². The van der Waals surface area contributed by atoms with Crippen LogP contribution in [0.25, 0.3) is 5.65 Å². The Kier molecular flexibility index (Phi) is 4.68. The van der Waals surface area contributed by atoms with E-state index in [0.717, 1.165) is 0 Å². The molecular weight excluding hydrogens is 314 g/mol. The minimum absolute atomic E-state index is 0.125. The van der Waals surface area contributed by atoms with E-state index in [9.17, 15) is 4.79 Å². The standard InChI is InChI=1S/C19H21N5O/c1-12(2)16-6-4-5-7-17(16)13(3)21-11-15-8-18(25)24-19(23-15)14(9-20)10-22-24/h4-8,10,12-13,21-22H,11H2,1-3H3. The lowest BCUT2D eigenvalue weighted by atomic mass is 9.93.